The van der Waals surface area contributed by atoms with E-state index in [1.165, 1.54) is 6.07 Å². The smallest absolute Gasteiger partial charge is 0.229 e. The monoisotopic (exact) mass is 307 g/mol. The third-order valence-electron chi connectivity index (χ3n) is 3.94. The zero-order valence-corrected chi connectivity index (χ0v) is 12.8. The van der Waals surface area contributed by atoms with Crippen LogP contribution in [0.5, 0.6) is 0 Å². The van der Waals surface area contributed by atoms with Crippen molar-refractivity contribution in [3.63, 3.8) is 0 Å². The molecular weight excluding hydrogens is 291 g/mol. The molecule has 0 spiro atoms. The summed E-state index contributed by atoms with van der Waals surface area (Å²) in [4.78, 5) is 8.24. The van der Waals surface area contributed by atoms with Crippen molar-refractivity contribution in [2.45, 2.75) is 19.7 Å². The van der Waals surface area contributed by atoms with Gasteiger partial charge in [0, 0.05) is 23.9 Å². The van der Waals surface area contributed by atoms with Crippen LogP contribution in [0.3, 0.4) is 0 Å². The number of nitrogens with zero attached hydrogens (tertiary/aromatic N) is 2. The molecule has 3 heterocycles. The first-order valence-electron chi connectivity index (χ1n) is 7.88. The van der Waals surface area contributed by atoms with Gasteiger partial charge in [0.25, 0.3) is 0 Å². The molecule has 23 heavy (non-hydrogen) atoms. The number of hydrogen-bond acceptors (Lipinski definition) is 3. The molecule has 0 fully saturated rings. The van der Waals surface area contributed by atoms with E-state index in [4.69, 9.17) is 5.79 Å². The van der Waals surface area contributed by atoms with Crippen molar-refractivity contribution >= 4 is 22.1 Å². The summed E-state index contributed by atoms with van der Waals surface area (Å²) in [6.45, 7) is 3.67. The van der Waals surface area contributed by atoms with Crippen molar-refractivity contribution in [3.05, 3.63) is 60.2 Å². The summed E-state index contributed by atoms with van der Waals surface area (Å²) in [6.07, 6.45) is 1.69. The molecule has 0 aliphatic carbocycles. The Kier molecular flexibility index (Phi) is 2.86. The van der Waals surface area contributed by atoms with E-state index in [-0.39, 0.29) is 5.71 Å². The van der Waals surface area contributed by atoms with Crippen LogP contribution in [0.15, 0.2) is 53.1 Å². The average molecular weight is 307 g/mol. The quantitative estimate of drug-likeness (QED) is 0.471. The Bertz CT molecular complexity index is 1070. The number of benzene rings is 1. The van der Waals surface area contributed by atoms with Gasteiger partial charge in [0.1, 0.15) is 5.58 Å². The summed E-state index contributed by atoms with van der Waals surface area (Å²) in [5, 5.41) is 1.64. The molecule has 3 aromatic heterocycles. The maximum atomic E-state index is 13.4. The van der Waals surface area contributed by atoms with Crippen LogP contribution in [0, 0.1) is 5.95 Å². The number of pyridine rings is 2. The number of aromatic nitrogens is 2. The van der Waals surface area contributed by atoms with E-state index in [0.29, 0.717) is 5.58 Å². The maximum Gasteiger partial charge on any atom is 0.229 e. The van der Waals surface area contributed by atoms with Crippen LogP contribution in [-0.4, -0.2) is 9.97 Å². The molecule has 0 N–H and O–H groups in total. The van der Waals surface area contributed by atoms with Crippen LogP contribution in [0.1, 0.15) is 26.7 Å². The average Bonchev–Trinajstić information content (AvgIpc) is 2.91. The van der Waals surface area contributed by atoms with E-state index >= 15 is 0 Å². The van der Waals surface area contributed by atoms with Crippen molar-refractivity contribution in [2.75, 3.05) is 0 Å². The Morgan fingerprint density at radius 1 is 1.13 bits per heavy atom. The lowest BCUT2D eigenvalue weighted by Crippen LogP contribution is -1.90. The lowest BCUT2D eigenvalue weighted by Gasteiger charge is -2.07. The van der Waals surface area contributed by atoms with Gasteiger partial charge in [-0.1, -0.05) is 26.0 Å². The molecular formula is C19H15FN2O. The summed E-state index contributed by atoms with van der Waals surface area (Å²) in [5.74, 6) is -1.29. The van der Waals surface area contributed by atoms with Gasteiger partial charge in [-0.2, -0.15) is 9.37 Å². The fourth-order valence-electron chi connectivity index (χ4n) is 2.75. The minimum Gasteiger partial charge on any atom is -0.437 e. The highest BCUT2D eigenvalue weighted by molar-refractivity contribution is 6.08. The molecule has 0 aliphatic heterocycles. The number of para-hydroxylation sites is 1. The molecule has 0 amide bonds. The minimum absolute atomic E-state index is 0.273. The number of furan rings is 1. The van der Waals surface area contributed by atoms with Gasteiger partial charge in [-0.15, -0.1) is 0 Å². The molecule has 0 saturated carbocycles. The molecule has 0 aliphatic rings. The largest absolute Gasteiger partial charge is 0.437 e. The van der Waals surface area contributed by atoms with Crippen LogP contribution < -0.4 is 0 Å². The van der Waals surface area contributed by atoms with Gasteiger partial charge < -0.3 is 4.42 Å². The van der Waals surface area contributed by atoms with E-state index in [1.54, 1.807) is 12.3 Å². The zero-order chi connectivity index (χ0) is 16.9. The second-order valence-electron chi connectivity index (χ2n) is 5.70. The maximum absolute atomic E-state index is 13.4. The van der Waals surface area contributed by atoms with Gasteiger partial charge in [-0.25, -0.2) is 0 Å². The molecule has 0 bridgehead atoms. The summed E-state index contributed by atoms with van der Waals surface area (Å²) in [7, 11) is 0. The summed E-state index contributed by atoms with van der Waals surface area (Å²) in [6, 6.07) is 12.5. The Morgan fingerprint density at radius 2 is 2.00 bits per heavy atom. The Hall–Kier alpha value is -2.75. The molecule has 0 atom stereocenters. The van der Waals surface area contributed by atoms with E-state index < -0.39 is 11.8 Å². The fourth-order valence-corrected chi connectivity index (χ4v) is 2.75. The molecule has 0 radical (unpaired) electrons. The normalized spacial score (nSPS) is 12.7. The zero-order valence-electron chi connectivity index (χ0n) is 13.8. The van der Waals surface area contributed by atoms with E-state index in [2.05, 4.69) is 9.97 Å². The second-order valence-corrected chi connectivity index (χ2v) is 5.70. The van der Waals surface area contributed by atoms with Gasteiger partial charge >= 0.3 is 0 Å². The van der Waals surface area contributed by atoms with Crippen molar-refractivity contribution in [2.24, 2.45) is 0 Å². The number of halogens is 1. The Balaban J connectivity index is 1.99. The number of fused-ring (bicyclic) bond motifs is 3. The first-order chi connectivity index (χ1) is 11.4. The molecule has 4 heteroatoms. The molecule has 4 aromatic rings. The van der Waals surface area contributed by atoms with E-state index in [0.717, 1.165) is 27.6 Å². The number of rotatable bonds is 2. The summed E-state index contributed by atoms with van der Waals surface area (Å²) < 4.78 is 27.4. The van der Waals surface area contributed by atoms with Crippen LogP contribution in [0.25, 0.3) is 33.3 Å². The van der Waals surface area contributed by atoms with Gasteiger partial charge in [0.2, 0.25) is 11.7 Å². The van der Waals surface area contributed by atoms with Crippen molar-refractivity contribution < 1.29 is 10.2 Å². The van der Waals surface area contributed by atoms with Gasteiger partial charge in [-0.05, 0) is 41.8 Å². The fraction of sp³-hybridized carbons (Fsp3) is 0.158. The first-order valence-corrected chi connectivity index (χ1v) is 7.38. The lowest BCUT2D eigenvalue weighted by molar-refractivity contribution is 0.569. The SMILES string of the molecule is [2H]C(C)(C)c1ccnc(-c2cccc3c2oc2nc(F)ccc23)c1. The topological polar surface area (TPSA) is 38.9 Å². The van der Waals surface area contributed by atoms with Crippen molar-refractivity contribution in [1.82, 2.24) is 9.97 Å². The standard InChI is InChI=1S/C19H15FN2O/c1-11(2)12-8-9-21-16(10-12)15-5-3-4-13-14-6-7-17(20)22-19(14)23-18(13)15/h3-11H,1-2H3/i11D. The molecule has 1 aromatic carbocycles. The molecule has 114 valence electrons. The van der Waals surface area contributed by atoms with Crippen LogP contribution in [-0.2, 0) is 0 Å². The van der Waals surface area contributed by atoms with Crippen molar-refractivity contribution in [1.29, 1.82) is 0 Å². The highest BCUT2D eigenvalue weighted by Crippen LogP contribution is 2.34. The molecule has 3 nitrogen and oxygen atoms in total. The van der Waals surface area contributed by atoms with E-state index in [9.17, 15) is 4.39 Å². The minimum atomic E-state index is -0.718. The molecule has 4 rings (SSSR count). The van der Waals surface area contributed by atoms with Gasteiger partial charge in [-0.3, -0.25) is 4.98 Å². The van der Waals surface area contributed by atoms with Crippen LogP contribution in [0.2, 0.25) is 0 Å². The summed E-state index contributed by atoms with van der Waals surface area (Å²) >= 11 is 0. The predicted octanol–water partition coefficient (Wildman–Crippen LogP) is 5.31. The van der Waals surface area contributed by atoms with Crippen LogP contribution in [0.4, 0.5) is 4.39 Å². The van der Waals surface area contributed by atoms with E-state index in [1.807, 2.05) is 44.2 Å². The van der Waals surface area contributed by atoms with Gasteiger partial charge in [0.15, 0.2) is 0 Å². The third-order valence-corrected chi connectivity index (χ3v) is 3.94. The third kappa shape index (κ3) is 2.27. The van der Waals surface area contributed by atoms with Crippen molar-refractivity contribution in [3.8, 4) is 11.3 Å². The Labute approximate surface area is 134 Å². The highest BCUT2D eigenvalue weighted by Gasteiger charge is 2.14. The Morgan fingerprint density at radius 3 is 2.83 bits per heavy atom. The van der Waals surface area contributed by atoms with Crippen LogP contribution >= 0.6 is 0 Å². The highest BCUT2D eigenvalue weighted by atomic mass is 19.1. The predicted molar refractivity (Wildman–Crippen MR) is 88.8 cm³/mol. The lowest BCUT2D eigenvalue weighted by atomic mass is 10.0. The summed E-state index contributed by atoms with van der Waals surface area (Å²) in [5.41, 5.74) is 3.28. The van der Waals surface area contributed by atoms with Gasteiger partial charge in [0.05, 0.1) is 5.69 Å². The molecule has 0 saturated heterocycles. The number of hydrogen-bond donors (Lipinski definition) is 0. The molecule has 0 unspecified atom stereocenters. The second kappa shape index (κ2) is 5.16. The first kappa shape index (κ1) is 12.8.